The first-order valence-corrected chi connectivity index (χ1v) is 5.81. The normalized spacial score (nSPS) is 18.9. The van der Waals surface area contributed by atoms with Crippen LogP contribution >= 0.6 is 0 Å². The van der Waals surface area contributed by atoms with E-state index < -0.39 is 0 Å². The molecule has 0 aromatic heterocycles. The van der Waals surface area contributed by atoms with Gasteiger partial charge in [-0.1, -0.05) is 6.92 Å². The van der Waals surface area contributed by atoms with Gasteiger partial charge in [-0.25, -0.2) is 9.80 Å². The molecular weight excluding hydrogens is 222 g/mol. The molecule has 0 aromatic carbocycles. The van der Waals surface area contributed by atoms with Gasteiger partial charge in [0.2, 0.25) is 0 Å². The first-order chi connectivity index (χ1) is 8.04. The van der Waals surface area contributed by atoms with Crippen LogP contribution in [0.4, 0.5) is 4.79 Å². The highest BCUT2D eigenvalue weighted by atomic mass is 16.5. The molecule has 0 bridgehead atoms. The van der Waals surface area contributed by atoms with Gasteiger partial charge in [0, 0.05) is 18.6 Å². The van der Waals surface area contributed by atoms with Gasteiger partial charge in [-0.2, -0.15) is 5.10 Å². The van der Waals surface area contributed by atoms with Crippen LogP contribution in [-0.4, -0.2) is 41.9 Å². The van der Waals surface area contributed by atoms with E-state index in [1.165, 1.54) is 5.01 Å². The van der Waals surface area contributed by atoms with Gasteiger partial charge in [0.1, 0.15) is 6.61 Å². The third-order valence-electron chi connectivity index (χ3n) is 2.42. The van der Waals surface area contributed by atoms with Crippen molar-refractivity contribution in [2.24, 2.45) is 5.10 Å². The third-order valence-corrected chi connectivity index (χ3v) is 2.42. The number of urea groups is 1. The van der Waals surface area contributed by atoms with Crippen LogP contribution in [0.15, 0.2) is 5.10 Å². The second-order valence-corrected chi connectivity index (χ2v) is 4.04. The second kappa shape index (κ2) is 6.22. The number of carbonyl (C=O) groups excluding carboxylic acids is 2. The maximum absolute atomic E-state index is 11.7. The minimum absolute atomic E-state index is 0.0909. The molecule has 2 amide bonds. The SMILES string of the molecule is CCC(=O)OCCNC(=O)N1N=C(C)CC1C. The fraction of sp³-hybridized carbons (Fsp3) is 0.727. The molecule has 0 spiro atoms. The molecule has 96 valence electrons. The molecule has 1 aliphatic heterocycles. The number of esters is 1. The molecule has 6 heteroatoms. The monoisotopic (exact) mass is 241 g/mol. The van der Waals surface area contributed by atoms with Crippen molar-refractivity contribution in [3.63, 3.8) is 0 Å². The second-order valence-electron chi connectivity index (χ2n) is 4.04. The summed E-state index contributed by atoms with van der Waals surface area (Å²) in [6.45, 7) is 6.07. The molecule has 1 atom stereocenters. The van der Waals surface area contributed by atoms with Crippen LogP contribution in [0.3, 0.4) is 0 Å². The van der Waals surface area contributed by atoms with Crippen LogP contribution in [-0.2, 0) is 9.53 Å². The molecule has 1 rings (SSSR count). The summed E-state index contributed by atoms with van der Waals surface area (Å²) in [6, 6.07) is -0.157. The van der Waals surface area contributed by atoms with Gasteiger partial charge >= 0.3 is 12.0 Å². The van der Waals surface area contributed by atoms with Gasteiger partial charge < -0.3 is 10.1 Å². The van der Waals surface area contributed by atoms with Crippen LogP contribution in [0.2, 0.25) is 0 Å². The Hall–Kier alpha value is -1.59. The Morgan fingerprint density at radius 3 is 2.82 bits per heavy atom. The summed E-state index contributed by atoms with van der Waals surface area (Å²) >= 11 is 0. The number of hydrazone groups is 1. The first kappa shape index (κ1) is 13.5. The zero-order valence-corrected chi connectivity index (χ0v) is 10.5. The van der Waals surface area contributed by atoms with E-state index in [0.29, 0.717) is 13.0 Å². The molecule has 0 radical (unpaired) electrons. The Morgan fingerprint density at radius 1 is 1.59 bits per heavy atom. The lowest BCUT2D eigenvalue weighted by Gasteiger charge is -2.18. The zero-order chi connectivity index (χ0) is 12.8. The molecule has 0 fully saturated rings. The average Bonchev–Trinajstić information content (AvgIpc) is 2.63. The van der Waals surface area contributed by atoms with Crippen molar-refractivity contribution in [1.29, 1.82) is 0 Å². The summed E-state index contributed by atoms with van der Waals surface area (Å²) in [4.78, 5) is 22.5. The predicted molar refractivity (Wildman–Crippen MR) is 63.7 cm³/mol. The summed E-state index contributed by atoms with van der Waals surface area (Å²) in [5.41, 5.74) is 0.949. The van der Waals surface area contributed by atoms with E-state index in [9.17, 15) is 9.59 Å². The Morgan fingerprint density at radius 2 is 2.29 bits per heavy atom. The van der Waals surface area contributed by atoms with Crippen molar-refractivity contribution in [3.8, 4) is 0 Å². The summed E-state index contributed by atoms with van der Waals surface area (Å²) in [5, 5.41) is 8.21. The highest BCUT2D eigenvalue weighted by Gasteiger charge is 2.25. The van der Waals surface area contributed by atoms with Crippen molar-refractivity contribution >= 4 is 17.7 Å². The Bertz CT molecular complexity index is 328. The van der Waals surface area contributed by atoms with Crippen LogP contribution in [0.25, 0.3) is 0 Å². The van der Waals surface area contributed by atoms with Crippen molar-refractivity contribution in [2.75, 3.05) is 13.2 Å². The summed E-state index contributed by atoms with van der Waals surface area (Å²) in [5.74, 6) is -0.261. The third kappa shape index (κ3) is 4.05. The average molecular weight is 241 g/mol. The maximum atomic E-state index is 11.7. The quantitative estimate of drug-likeness (QED) is 0.592. The first-order valence-electron chi connectivity index (χ1n) is 5.81. The van der Waals surface area contributed by atoms with Gasteiger partial charge in [-0.15, -0.1) is 0 Å². The molecule has 17 heavy (non-hydrogen) atoms. The Labute approximate surface area is 101 Å². The highest BCUT2D eigenvalue weighted by Crippen LogP contribution is 2.14. The van der Waals surface area contributed by atoms with Crippen molar-refractivity contribution in [1.82, 2.24) is 10.3 Å². The van der Waals surface area contributed by atoms with E-state index in [1.54, 1.807) is 6.92 Å². The van der Waals surface area contributed by atoms with Gasteiger partial charge in [0.25, 0.3) is 0 Å². The number of hydrogen-bond donors (Lipinski definition) is 1. The van der Waals surface area contributed by atoms with E-state index in [2.05, 4.69) is 10.4 Å². The molecule has 6 nitrogen and oxygen atoms in total. The Balaban J connectivity index is 2.24. The van der Waals surface area contributed by atoms with Crippen molar-refractivity contribution in [2.45, 2.75) is 39.7 Å². The van der Waals surface area contributed by atoms with Crippen LogP contribution in [0.5, 0.6) is 0 Å². The minimum Gasteiger partial charge on any atom is -0.464 e. The lowest BCUT2D eigenvalue weighted by Crippen LogP contribution is -2.40. The van der Waals surface area contributed by atoms with Gasteiger partial charge in [-0.3, -0.25) is 4.79 Å². The molecule has 0 saturated carbocycles. The van der Waals surface area contributed by atoms with Crippen molar-refractivity contribution < 1.29 is 14.3 Å². The number of nitrogens with one attached hydrogen (secondary N) is 1. The topological polar surface area (TPSA) is 71.0 Å². The van der Waals surface area contributed by atoms with E-state index in [-0.39, 0.29) is 24.6 Å². The summed E-state index contributed by atoms with van der Waals surface area (Å²) < 4.78 is 4.84. The van der Waals surface area contributed by atoms with Crippen LogP contribution in [0, 0.1) is 0 Å². The number of amides is 2. The molecule has 1 aliphatic rings. The predicted octanol–water partition coefficient (Wildman–Crippen LogP) is 1.12. The number of nitrogens with zero attached hydrogens (tertiary/aromatic N) is 2. The zero-order valence-electron chi connectivity index (χ0n) is 10.5. The van der Waals surface area contributed by atoms with Crippen LogP contribution in [0.1, 0.15) is 33.6 Å². The summed E-state index contributed by atoms with van der Waals surface area (Å²) in [7, 11) is 0. The van der Waals surface area contributed by atoms with Crippen molar-refractivity contribution in [3.05, 3.63) is 0 Å². The van der Waals surface area contributed by atoms with Gasteiger partial charge in [-0.05, 0) is 13.8 Å². The molecule has 1 unspecified atom stereocenters. The fourth-order valence-electron chi connectivity index (χ4n) is 1.59. The van der Waals surface area contributed by atoms with E-state index >= 15 is 0 Å². The summed E-state index contributed by atoms with van der Waals surface area (Å²) in [6.07, 6.45) is 1.15. The number of ether oxygens (including phenoxy) is 1. The lowest BCUT2D eigenvalue weighted by molar-refractivity contribution is -0.143. The van der Waals surface area contributed by atoms with E-state index in [0.717, 1.165) is 12.1 Å². The molecule has 0 aliphatic carbocycles. The van der Waals surface area contributed by atoms with E-state index in [4.69, 9.17) is 4.74 Å². The van der Waals surface area contributed by atoms with Gasteiger partial charge in [0.05, 0.1) is 12.6 Å². The minimum atomic E-state index is -0.261. The van der Waals surface area contributed by atoms with E-state index in [1.807, 2.05) is 13.8 Å². The van der Waals surface area contributed by atoms with Gasteiger partial charge in [0.15, 0.2) is 0 Å². The highest BCUT2D eigenvalue weighted by molar-refractivity contribution is 5.87. The maximum Gasteiger partial charge on any atom is 0.338 e. The van der Waals surface area contributed by atoms with Crippen LogP contribution < -0.4 is 5.32 Å². The molecule has 0 aromatic rings. The number of rotatable bonds is 4. The fourth-order valence-corrected chi connectivity index (χ4v) is 1.59. The number of hydrogen-bond acceptors (Lipinski definition) is 4. The largest absolute Gasteiger partial charge is 0.464 e. The molecule has 1 heterocycles. The standard InChI is InChI=1S/C11H19N3O3/c1-4-10(15)17-6-5-12-11(16)14-9(3)7-8(2)13-14/h9H,4-7H2,1-3H3,(H,12,16). The smallest absolute Gasteiger partial charge is 0.338 e. The molecule has 0 saturated heterocycles. The molecule has 1 N–H and O–H groups in total. The lowest BCUT2D eigenvalue weighted by atomic mass is 10.2. The molecular formula is C11H19N3O3. The Kier molecular flexibility index (Phi) is 4.93. The number of carbonyl (C=O) groups is 2.